The first kappa shape index (κ1) is 53.5. The van der Waals surface area contributed by atoms with E-state index in [1.807, 2.05) is 30.5 Å². The molecule has 1 aliphatic carbocycles. The standard InChI is InChI=1S/C47H69N5O15/c1-3-51(4-2)39-5-8-43-45(33-39)67-46-35-44(54)41-7-6-40(34-42(41)47(46)48-43)66-32-31-64-28-27-62-24-23-59-19-17-57-15-13-55-11-9-52-36-38(49-50-52)37-65-30-29-63-26-25-61-22-21-60-20-18-58-16-14-56-12-10-53/h5-8,33-36,53H,3-4,9-32,37H2,1-2H3. The van der Waals surface area contributed by atoms with Crippen LogP contribution < -0.4 is 15.1 Å². The number of benzene rings is 3. The minimum Gasteiger partial charge on any atom is -0.491 e. The average molecular weight is 944 g/mol. The molecule has 0 bridgehead atoms. The Morgan fingerprint density at radius 1 is 0.582 bits per heavy atom. The maximum atomic E-state index is 12.9. The average Bonchev–Trinajstić information content (AvgIpc) is 3.80. The van der Waals surface area contributed by atoms with Gasteiger partial charge in [-0.3, -0.25) is 4.79 Å². The molecular formula is C47H69N5O15. The lowest BCUT2D eigenvalue weighted by molar-refractivity contribution is -0.0191. The van der Waals surface area contributed by atoms with Crippen molar-refractivity contribution >= 4 is 27.6 Å². The first-order chi connectivity index (χ1) is 33.1. The van der Waals surface area contributed by atoms with Gasteiger partial charge in [0.2, 0.25) is 0 Å². The summed E-state index contributed by atoms with van der Waals surface area (Å²) < 4.78 is 74.4. The normalized spacial score (nSPS) is 11.7. The zero-order chi connectivity index (χ0) is 47.0. The van der Waals surface area contributed by atoms with Crippen LogP contribution in [0.3, 0.4) is 0 Å². The lowest BCUT2D eigenvalue weighted by Crippen LogP contribution is -2.21. The van der Waals surface area contributed by atoms with Gasteiger partial charge >= 0.3 is 0 Å². The predicted octanol–water partition coefficient (Wildman–Crippen LogP) is 3.64. The van der Waals surface area contributed by atoms with Gasteiger partial charge in [-0.25, -0.2) is 9.67 Å². The van der Waals surface area contributed by atoms with Crippen LogP contribution in [0.1, 0.15) is 19.5 Å². The number of aliphatic hydroxyl groups excluding tert-OH is 1. The largest absolute Gasteiger partial charge is 0.491 e. The molecule has 20 heteroatoms. The lowest BCUT2D eigenvalue weighted by atomic mass is 10.0. The quantitative estimate of drug-likeness (QED) is 0.0337. The molecule has 1 aromatic heterocycles. The van der Waals surface area contributed by atoms with Gasteiger partial charge in [0, 0.05) is 41.7 Å². The molecule has 20 nitrogen and oxygen atoms in total. The molecular weight excluding hydrogens is 875 g/mol. The van der Waals surface area contributed by atoms with Gasteiger partial charge in [0.15, 0.2) is 16.8 Å². The molecule has 67 heavy (non-hydrogen) atoms. The van der Waals surface area contributed by atoms with Crippen LogP contribution in [-0.2, 0) is 65.3 Å². The molecule has 0 fully saturated rings. The first-order valence-electron chi connectivity index (χ1n) is 23.1. The minimum atomic E-state index is -0.131. The maximum absolute atomic E-state index is 12.9. The molecule has 0 radical (unpaired) electrons. The van der Waals surface area contributed by atoms with Crippen LogP contribution in [0.4, 0.5) is 5.69 Å². The van der Waals surface area contributed by atoms with Crippen LogP contribution in [-0.4, -0.2) is 190 Å². The molecule has 3 aromatic rings. The molecule has 2 aromatic carbocycles. The highest BCUT2D eigenvalue weighted by Crippen LogP contribution is 2.33. The zero-order valence-corrected chi connectivity index (χ0v) is 39.1. The highest BCUT2D eigenvalue weighted by atomic mass is 16.6. The molecule has 0 saturated carbocycles. The molecule has 0 saturated heterocycles. The predicted molar refractivity (Wildman–Crippen MR) is 248 cm³/mol. The second-order valence-corrected chi connectivity index (χ2v) is 14.7. The first-order valence-corrected chi connectivity index (χ1v) is 23.1. The van der Waals surface area contributed by atoms with E-state index in [9.17, 15) is 4.79 Å². The minimum absolute atomic E-state index is 0.0149. The van der Waals surface area contributed by atoms with Gasteiger partial charge in [-0.2, -0.15) is 0 Å². The van der Waals surface area contributed by atoms with Crippen LogP contribution >= 0.6 is 0 Å². The molecule has 5 rings (SSSR count). The van der Waals surface area contributed by atoms with Gasteiger partial charge in [-0.15, -0.1) is 5.10 Å². The van der Waals surface area contributed by atoms with Crippen LogP contribution in [0.25, 0.3) is 33.3 Å². The van der Waals surface area contributed by atoms with Crippen molar-refractivity contribution in [3.8, 4) is 17.2 Å². The Labute approximate surface area is 391 Å². The summed E-state index contributed by atoms with van der Waals surface area (Å²) in [7, 11) is 0. The summed E-state index contributed by atoms with van der Waals surface area (Å²) in [6, 6.07) is 12.8. The summed E-state index contributed by atoms with van der Waals surface area (Å²) >= 11 is 0. The van der Waals surface area contributed by atoms with Gasteiger partial charge in [0.1, 0.15) is 29.3 Å². The second-order valence-electron chi connectivity index (χ2n) is 14.7. The third kappa shape index (κ3) is 20.4. The number of hydrogen-bond donors (Lipinski definition) is 1. The van der Waals surface area contributed by atoms with E-state index in [0.29, 0.717) is 192 Å². The summed E-state index contributed by atoms with van der Waals surface area (Å²) in [5.74, 6) is 1.05. The number of rotatable bonds is 41. The highest BCUT2D eigenvalue weighted by Gasteiger charge is 2.17. The Bertz CT molecular complexity index is 2080. The zero-order valence-electron chi connectivity index (χ0n) is 39.1. The molecule has 2 aliphatic rings. The van der Waals surface area contributed by atoms with Crippen LogP contribution in [0.15, 0.2) is 57.9 Å². The summed E-state index contributed by atoms with van der Waals surface area (Å²) in [6.45, 7) is 16.7. The van der Waals surface area contributed by atoms with Crippen molar-refractivity contribution in [2.24, 2.45) is 0 Å². The summed E-state index contributed by atoms with van der Waals surface area (Å²) in [5.41, 5.74) is 3.61. The third-order valence-corrected chi connectivity index (χ3v) is 9.91. The smallest absolute Gasteiger partial charge is 0.190 e. The molecule has 1 N–H and O–H groups in total. The Morgan fingerprint density at radius 3 is 1.66 bits per heavy atom. The van der Waals surface area contributed by atoms with Gasteiger partial charge in [-0.05, 0) is 44.2 Å². The molecule has 2 heterocycles. The Hall–Kier alpha value is -4.42. The summed E-state index contributed by atoms with van der Waals surface area (Å²) in [5, 5.41) is 18.1. The van der Waals surface area contributed by atoms with E-state index in [4.69, 9.17) is 71.4 Å². The van der Waals surface area contributed by atoms with Gasteiger partial charge in [0.05, 0.1) is 165 Å². The molecule has 0 amide bonds. The number of aromatic nitrogens is 4. The second kappa shape index (κ2) is 33.1. The lowest BCUT2D eigenvalue weighted by Gasteiger charge is -2.21. The van der Waals surface area contributed by atoms with E-state index in [1.54, 1.807) is 16.8 Å². The van der Waals surface area contributed by atoms with E-state index in [1.165, 1.54) is 6.07 Å². The maximum Gasteiger partial charge on any atom is 0.190 e. The topological polar surface area (TPSA) is 208 Å². The van der Waals surface area contributed by atoms with E-state index < -0.39 is 0 Å². The van der Waals surface area contributed by atoms with Crippen molar-refractivity contribution in [1.82, 2.24) is 20.0 Å². The fourth-order valence-electron chi connectivity index (χ4n) is 6.53. The highest BCUT2D eigenvalue weighted by molar-refractivity contribution is 5.97. The molecule has 0 unspecified atom stereocenters. The van der Waals surface area contributed by atoms with Crippen LogP contribution in [0.5, 0.6) is 5.75 Å². The Balaban J connectivity index is 0.775. The van der Waals surface area contributed by atoms with Gasteiger partial charge in [0.25, 0.3) is 0 Å². The number of fused-ring (bicyclic) bond motifs is 4. The van der Waals surface area contributed by atoms with E-state index in [0.717, 1.165) is 30.0 Å². The van der Waals surface area contributed by atoms with E-state index in [-0.39, 0.29) is 12.0 Å². The van der Waals surface area contributed by atoms with Gasteiger partial charge in [-0.1, -0.05) is 5.21 Å². The summed E-state index contributed by atoms with van der Waals surface area (Å²) in [6.07, 6.45) is 1.83. The fraction of sp³-hybridized carbons (Fsp3) is 0.617. The molecule has 1 aliphatic heterocycles. The van der Waals surface area contributed by atoms with Crippen molar-refractivity contribution in [3.05, 3.63) is 64.6 Å². The SMILES string of the molecule is CCN(CC)c1ccc2nc3c4cc(OCCOCCOCCOCCOCCOCCn5cc(COCCOCCOCCOCCOCCOCCO)nn5)ccc4c(=O)cc-3oc2c1. The molecule has 372 valence electrons. The van der Waals surface area contributed by atoms with Crippen molar-refractivity contribution in [2.75, 3.05) is 170 Å². The number of anilines is 1. The van der Waals surface area contributed by atoms with E-state index >= 15 is 0 Å². The number of hydrogen-bond acceptors (Lipinski definition) is 19. The number of aliphatic hydroxyl groups is 1. The number of nitrogens with zero attached hydrogens (tertiary/aromatic N) is 5. The molecule has 0 spiro atoms. The van der Waals surface area contributed by atoms with Crippen LogP contribution in [0, 0.1) is 0 Å². The van der Waals surface area contributed by atoms with Crippen molar-refractivity contribution in [1.29, 1.82) is 0 Å². The van der Waals surface area contributed by atoms with Gasteiger partial charge < -0.3 is 71.3 Å². The van der Waals surface area contributed by atoms with E-state index in [2.05, 4.69) is 29.1 Å². The van der Waals surface area contributed by atoms with Crippen molar-refractivity contribution in [2.45, 2.75) is 27.0 Å². The van der Waals surface area contributed by atoms with Crippen molar-refractivity contribution in [3.63, 3.8) is 0 Å². The Kier molecular flexibility index (Phi) is 26.5. The third-order valence-electron chi connectivity index (χ3n) is 9.91. The fourth-order valence-corrected chi connectivity index (χ4v) is 6.53. The van der Waals surface area contributed by atoms with Crippen molar-refractivity contribution < 1.29 is 66.4 Å². The Morgan fingerprint density at radius 2 is 1.10 bits per heavy atom. The number of ether oxygens (including phenoxy) is 12. The summed E-state index contributed by atoms with van der Waals surface area (Å²) in [4.78, 5) is 20.1. The van der Waals surface area contributed by atoms with Crippen LogP contribution in [0.2, 0.25) is 0 Å². The monoisotopic (exact) mass is 943 g/mol. The molecule has 0 atom stereocenters.